The number of urea groups is 1. The second-order valence-corrected chi connectivity index (χ2v) is 7.23. The molecule has 7 nitrogen and oxygen atoms in total. The van der Waals surface area contributed by atoms with Gasteiger partial charge in [0.05, 0.1) is 17.4 Å². The number of nitrogens with two attached hydrogens (primary N) is 1. The van der Waals surface area contributed by atoms with Gasteiger partial charge < -0.3 is 21.7 Å². The summed E-state index contributed by atoms with van der Waals surface area (Å²) in [5, 5.41) is 8.73. The minimum Gasteiger partial charge on any atom is -0.397 e. The summed E-state index contributed by atoms with van der Waals surface area (Å²) in [7, 11) is 0. The van der Waals surface area contributed by atoms with Crippen molar-refractivity contribution in [3.05, 3.63) is 89.2 Å². The van der Waals surface area contributed by atoms with Gasteiger partial charge in [-0.05, 0) is 65.9 Å². The summed E-state index contributed by atoms with van der Waals surface area (Å²) in [4.78, 5) is 28.8. The number of nitrogen functional groups attached to an aromatic ring is 1. The highest BCUT2D eigenvalue weighted by Crippen LogP contribution is 2.32. The van der Waals surface area contributed by atoms with E-state index in [1.165, 1.54) is 0 Å². The number of fused-ring (bicyclic) bond motifs is 1. The predicted octanol–water partition coefficient (Wildman–Crippen LogP) is 3.40. The van der Waals surface area contributed by atoms with Gasteiger partial charge in [-0.2, -0.15) is 0 Å². The van der Waals surface area contributed by atoms with Gasteiger partial charge in [-0.3, -0.25) is 9.78 Å². The molecular weight excluding hydrogens is 378 g/mol. The molecule has 152 valence electrons. The molecule has 0 radical (unpaired) electrons. The Morgan fingerprint density at radius 2 is 1.87 bits per heavy atom. The molecule has 1 aromatic heterocycles. The zero-order valence-corrected chi connectivity index (χ0v) is 16.4. The normalized spacial score (nSPS) is 14.6. The molecule has 1 unspecified atom stereocenters. The SMILES string of the molecule is Nc1ccccc1NC(=O)c1ccc2c(c1)CCC2NC(=O)NCc1ccncc1. The van der Waals surface area contributed by atoms with Crippen molar-refractivity contribution in [2.45, 2.75) is 25.4 Å². The number of nitrogens with zero attached hydrogens (tertiary/aromatic N) is 1. The van der Waals surface area contributed by atoms with Crippen LogP contribution in [0.5, 0.6) is 0 Å². The van der Waals surface area contributed by atoms with Crippen LogP contribution < -0.4 is 21.7 Å². The average Bonchev–Trinajstić information content (AvgIpc) is 3.16. The Morgan fingerprint density at radius 1 is 1.07 bits per heavy atom. The molecule has 1 aliphatic carbocycles. The van der Waals surface area contributed by atoms with Crippen LogP contribution in [0.1, 0.15) is 39.5 Å². The first kappa shape index (κ1) is 19.4. The highest BCUT2D eigenvalue weighted by atomic mass is 16.2. The second kappa shape index (κ2) is 8.65. The van der Waals surface area contributed by atoms with Gasteiger partial charge >= 0.3 is 6.03 Å². The maximum atomic E-state index is 12.6. The molecule has 4 rings (SSSR count). The Bertz CT molecular complexity index is 1070. The number of benzene rings is 2. The summed E-state index contributed by atoms with van der Waals surface area (Å²) in [5.41, 5.74) is 10.7. The van der Waals surface area contributed by atoms with Crippen molar-refractivity contribution in [1.29, 1.82) is 0 Å². The van der Waals surface area contributed by atoms with E-state index in [0.717, 1.165) is 29.5 Å². The first-order valence-corrected chi connectivity index (χ1v) is 9.82. The fourth-order valence-electron chi connectivity index (χ4n) is 3.61. The van der Waals surface area contributed by atoms with Crippen molar-refractivity contribution in [1.82, 2.24) is 15.6 Å². The maximum Gasteiger partial charge on any atom is 0.315 e. The minimum atomic E-state index is -0.217. The average molecular weight is 401 g/mol. The number of pyridine rings is 1. The first-order chi connectivity index (χ1) is 14.6. The van der Waals surface area contributed by atoms with Gasteiger partial charge in [0.15, 0.2) is 0 Å². The molecule has 0 saturated carbocycles. The van der Waals surface area contributed by atoms with E-state index in [1.807, 2.05) is 36.4 Å². The molecule has 1 heterocycles. The molecule has 0 saturated heterocycles. The van der Waals surface area contributed by atoms with Crippen LogP contribution in [0, 0.1) is 0 Å². The molecule has 7 heteroatoms. The lowest BCUT2D eigenvalue weighted by Crippen LogP contribution is -2.36. The lowest BCUT2D eigenvalue weighted by atomic mass is 10.0. The molecule has 0 aliphatic heterocycles. The largest absolute Gasteiger partial charge is 0.397 e. The summed E-state index contributed by atoms with van der Waals surface area (Å²) in [6.07, 6.45) is 5.00. The zero-order chi connectivity index (χ0) is 20.9. The molecule has 0 bridgehead atoms. The number of para-hydroxylation sites is 2. The first-order valence-electron chi connectivity index (χ1n) is 9.82. The Labute approximate surface area is 174 Å². The molecule has 3 amide bonds. The van der Waals surface area contributed by atoms with Crippen molar-refractivity contribution in [3.63, 3.8) is 0 Å². The highest BCUT2D eigenvalue weighted by molar-refractivity contribution is 6.05. The number of carbonyl (C=O) groups excluding carboxylic acids is 2. The van der Waals surface area contributed by atoms with Gasteiger partial charge in [-0.1, -0.05) is 18.2 Å². The predicted molar refractivity (Wildman–Crippen MR) is 116 cm³/mol. The van der Waals surface area contributed by atoms with Gasteiger partial charge in [0.25, 0.3) is 5.91 Å². The van der Waals surface area contributed by atoms with Crippen molar-refractivity contribution >= 4 is 23.3 Å². The third kappa shape index (κ3) is 4.41. The quantitative estimate of drug-likeness (QED) is 0.491. The van der Waals surface area contributed by atoms with Crippen LogP contribution in [-0.2, 0) is 13.0 Å². The fraction of sp³-hybridized carbons (Fsp3) is 0.174. The third-order valence-electron chi connectivity index (χ3n) is 5.20. The van der Waals surface area contributed by atoms with Gasteiger partial charge in [0.1, 0.15) is 0 Å². The molecule has 0 fully saturated rings. The van der Waals surface area contributed by atoms with E-state index in [1.54, 1.807) is 30.6 Å². The lowest BCUT2D eigenvalue weighted by molar-refractivity contribution is 0.102. The van der Waals surface area contributed by atoms with E-state index in [4.69, 9.17) is 5.73 Å². The Hall–Kier alpha value is -3.87. The van der Waals surface area contributed by atoms with Crippen molar-refractivity contribution < 1.29 is 9.59 Å². The summed E-state index contributed by atoms with van der Waals surface area (Å²) >= 11 is 0. The van der Waals surface area contributed by atoms with Crippen LogP contribution in [-0.4, -0.2) is 16.9 Å². The van der Waals surface area contributed by atoms with Gasteiger partial charge in [0.2, 0.25) is 0 Å². The number of carbonyl (C=O) groups is 2. The molecule has 5 N–H and O–H groups in total. The van der Waals surface area contributed by atoms with Crippen LogP contribution >= 0.6 is 0 Å². The summed E-state index contributed by atoms with van der Waals surface area (Å²) in [5.74, 6) is -0.206. The van der Waals surface area contributed by atoms with E-state index >= 15 is 0 Å². The number of hydrogen-bond acceptors (Lipinski definition) is 4. The van der Waals surface area contributed by atoms with E-state index in [2.05, 4.69) is 20.9 Å². The molecule has 0 spiro atoms. The zero-order valence-electron chi connectivity index (χ0n) is 16.4. The Morgan fingerprint density at radius 3 is 2.67 bits per heavy atom. The van der Waals surface area contributed by atoms with Crippen LogP contribution in [0.15, 0.2) is 67.0 Å². The van der Waals surface area contributed by atoms with E-state index in [-0.39, 0.29) is 18.0 Å². The molecular formula is C23H23N5O2. The summed E-state index contributed by atoms with van der Waals surface area (Å²) < 4.78 is 0. The monoisotopic (exact) mass is 401 g/mol. The second-order valence-electron chi connectivity index (χ2n) is 7.23. The number of hydrogen-bond donors (Lipinski definition) is 4. The molecule has 1 aliphatic rings. The number of aromatic nitrogens is 1. The van der Waals surface area contributed by atoms with Gasteiger partial charge in [0, 0.05) is 24.5 Å². The minimum absolute atomic E-state index is 0.0701. The summed E-state index contributed by atoms with van der Waals surface area (Å²) in [6, 6.07) is 16.2. The van der Waals surface area contributed by atoms with Crippen molar-refractivity contribution in [2.75, 3.05) is 11.1 Å². The fourth-order valence-corrected chi connectivity index (χ4v) is 3.61. The molecule has 2 aromatic carbocycles. The maximum absolute atomic E-state index is 12.6. The van der Waals surface area contributed by atoms with E-state index in [9.17, 15) is 9.59 Å². The number of nitrogens with one attached hydrogen (secondary N) is 3. The number of amides is 3. The Balaban J connectivity index is 1.38. The standard InChI is InChI=1S/C23H23N5O2/c24-19-3-1-2-4-21(19)27-22(29)17-5-7-18-16(13-17)6-8-20(18)28-23(30)26-14-15-9-11-25-12-10-15/h1-5,7,9-13,20H,6,8,14,24H2,(H,27,29)(H2,26,28,30). The van der Waals surface area contributed by atoms with Crippen molar-refractivity contribution in [3.8, 4) is 0 Å². The van der Waals surface area contributed by atoms with Crippen LogP contribution in [0.2, 0.25) is 0 Å². The van der Waals surface area contributed by atoms with E-state index < -0.39 is 0 Å². The smallest absolute Gasteiger partial charge is 0.315 e. The number of rotatable bonds is 5. The molecule has 1 atom stereocenters. The van der Waals surface area contributed by atoms with Crippen LogP contribution in [0.4, 0.5) is 16.2 Å². The summed E-state index contributed by atoms with van der Waals surface area (Å²) in [6.45, 7) is 0.440. The van der Waals surface area contributed by atoms with Crippen molar-refractivity contribution in [2.24, 2.45) is 0 Å². The molecule has 3 aromatic rings. The van der Waals surface area contributed by atoms with Crippen LogP contribution in [0.3, 0.4) is 0 Å². The van der Waals surface area contributed by atoms with Gasteiger partial charge in [-0.25, -0.2) is 4.79 Å². The number of anilines is 2. The lowest BCUT2D eigenvalue weighted by Gasteiger charge is -2.15. The number of aryl methyl sites for hydroxylation is 1. The van der Waals surface area contributed by atoms with Gasteiger partial charge in [-0.15, -0.1) is 0 Å². The van der Waals surface area contributed by atoms with E-state index in [0.29, 0.717) is 23.5 Å². The highest BCUT2D eigenvalue weighted by Gasteiger charge is 2.25. The topological polar surface area (TPSA) is 109 Å². The Kier molecular flexibility index (Phi) is 5.61. The third-order valence-corrected chi connectivity index (χ3v) is 5.20. The molecule has 30 heavy (non-hydrogen) atoms. The van der Waals surface area contributed by atoms with Crippen LogP contribution in [0.25, 0.3) is 0 Å².